The summed E-state index contributed by atoms with van der Waals surface area (Å²) in [6.07, 6.45) is 0. The first-order valence-electron chi connectivity index (χ1n) is 3.46. The first-order valence-corrected chi connectivity index (χ1v) is 4.79. The lowest BCUT2D eigenvalue weighted by Gasteiger charge is -1.99. The van der Waals surface area contributed by atoms with Gasteiger partial charge in [-0.3, -0.25) is 0 Å². The van der Waals surface area contributed by atoms with Crippen molar-refractivity contribution in [2.24, 2.45) is 0 Å². The molecule has 0 radical (unpaired) electrons. The second-order valence-electron chi connectivity index (χ2n) is 2.61. The summed E-state index contributed by atoms with van der Waals surface area (Å²) in [4.78, 5) is 0. The zero-order chi connectivity index (χ0) is 9.64. The summed E-state index contributed by atoms with van der Waals surface area (Å²) in [5.41, 5.74) is 0.346. The van der Waals surface area contributed by atoms with Crippen LogP contribution >= 0.6 is 0 Å². The smallest absolute Gasteiger partial charge is 0.501 e. The van der Waals surface area contributed by atoms with Gasteiger partial charge in [0.25, 0.3) is 0 Å². The molecule has 70 valence electrons. The Hall–Kier alpha value is -1.43. The van der Waals surface area contributed by atoms with Crippen molar-refractivity contribution in [3.63, 3.8) is 0 Å². The fourth-order valence-electron chi connectivity index (χ4n) is 1.05. The first kappa shape index (κ1) is 8.18. The molecule has 1 aromatic rings. The van der Waals surface area contributed by atoms with E-state index >= 15 is 0 Å². The first-order chi connectivity index (χ1) is 5.99. The van der Waals surface area contributed by atoms with Gasteiger partial charge in [0.05, 0.1) is 0 Å². The third kappa shape index (κ3) is 1.19. The predicted octanol–water partition coefficient (Wildman–Crippen LogP) is 0.717. The molecule has 1 aliphatic rings. The van der Waals surface area contributed by atoms with Gasteiger partial charge in [0.15, 0.2) is 11.5 Å². The van der Waals surface area contributed by atoms with E-state index in [1.807, 2.05) is 0 Å². The predicted molar refractivity (Wildman–Crippen MR) is 43.0 cm³/mol. The molecule has 0 unspecified atom stereocenters. The Kier molecular flexibility index (Phi) is 1.44. The van der Waals surface area contributed by atoms with E-state index in [1.54, 1.807) is 6.92 Å². The van der Waals surface area contributed by atoms with Crippen molar-refractivity contribution in [3.05, 3.63) is 17.7 Å². The summed E-state index contributed by atoms with van der Waals surface area (Å²) < 4.78 is 30.6. The van der Waals surface area contributed by atoms with E-state index in [0.29, 0.717) is 5.56 Å². The van der Waals surface area contributed by atoms with Crippen LogP contribution < -0.4 is 8.37 Å². The van der Waals surface area contributed by atoms with Gasteiger partial charge in [-0.25, -0.2) is 0 Å². The number of hydrogen-bond acceptors (Lipinski definition) is 5. The lowest BCUT2D eigenvalue weighted by molar-refractivity contribution is 0.435. The number of rotatable bonds is 0. The van der Waals surface area contributed by atoms with E-state index in [-0.39, 0.29) is 17.2 Å². The monoisotopic (exact) mass is 202 g/mol. The highest BCUT2D eigenvalue weighted by Gasteiger charge is 2.30. The van der Waals surface area contributed by atoms with Gasteiger partial charge in [0.2, 0.25) is 0 Å². The molecule has 2 rings (SSSR count). The van der Waals surface area contributed by atoms with Gasteiger partial charge in [-0.1, -0.05) is 0 Å². The number of aromatic hydroxyl groups is 1. The van der Waals surface area contributed by atoms with Gasteiger partial charge in [-0.2, -0.15) is 0 Å². The van der Waals surface area contributed by atoms with E-state index in [4.69, 9.17) is 0 Å². The van der Waals surface area contributed by atoms with Crippen LogP contribution in [0.1, 0.15) is 5.56 Å². The molecule has 1 aromatic carbocycles. The Bertz CT molecular complexity index is 462. The van der Waals surface area contributed by atoms with Crippen molar-refractivity contribution in [2.75, 3.05) is 0 Å². The maximum atomic E-state index is 10.8. The molecule has 0 amide bonds. The zero-order valence-electron chi connectivity index (χ0n) is 6.64. The number of phenols is 1. The highest BCUT2D eigenvalue weighted by molar-refractivity contribution is 7.82. The summed E-state index contributed by atoms with van der Waals surface area (Å²) in [6.45, 7) is 1.54. The Labute approximate surface area is 74.9 Å². The summed E-state index contributed by atoms with van der Waals surface area (Å²) >= 11 is 0. The lowest BCUT2D eigenvalue weighted by atomic mass is 10.2. The molecule has 0 aromatic heterocycles. The molecule has 13 heavy (non-hydrogen) atoms. The van der Waals surface area contributed by atoms with Gasteiger partial charge in [0.1, 0.15) is 5.75 Å². The molecule has 6 heteroatoms. The largest absolute Gasteiger partial charge is 0.508 e. The van der Waals surface area contributed by atoms with Gasteiger partial charge < -0.3 is 13.5 Å². The Balaban J connectivity index is 2.65. The molecule has 0 fully saturated rings. The average molecular weight is 202 g/mol. The zero-order valence-corrected chi connectivity index (χ0v) is 7.46. The third-order valence-electron chi connectivity index (χ3n) is 1.72. The van der Waals surface area contributed by atoms with Crippen LogP contribution in [0.3, 0.4) is 0 Å². The quantitative estimate of drug-likeness (QED) is 0.670. The van der Waals surface area contributed by atoms with E-state index in [9.17, 15) is 13.5 Å². The molecular weight excluding hydrogens is 196 g/mol. The van der Waals surface area contributed by atoms with Crippen molar-refractivity contribution in [3.8, 4) is 17.2 Å². The van der Waals surface area contributed by atoms with Crippen LogP contribution in [0.2, 0.25) is 0 Å². The van der Waals surface area contributed by atoms with Gasteiger partial charge in [-0.05, 0) is 19.1 Å². The van der Waals surface area contributed by atoms with Crippen molar-refractivity contribution in [1.29, 1.82) is 0 Å². The third-order valence-corrected chi connectivity index (χ3v) is 2.47. The number of hydrogen-bond donors (Lipinski definition) is 1. The Morgan fingerprint density at radius 3 is 2.69 bits per heavy atom. The molecule has 1 N–H and O–H groups in total. The van der Waals surface area contributed by atoms with Crippen LogP contribution in [-0.2, 0) is 10.4 Å². The minimum Gasteiger partial charge on any atom is -0.508 e. The summed E-state index contributed by atoms with van der Waals surface area (Å²) in [5.74, 6) is 0.134. The van der Waals surface area contributed by atoms with E-state index in [1.165, 1.54) is 12.1 Å². The SMILES string of the molecule is Cc1c(O)ccc2c1OS(=O)(=O)O2. The fourth-order valence-corrected chi connectivity index (χ4v) is 1.85. The molecule has 0 aliphatic carbocycles. The standard InChI is InChI=1S/C7H6O5S/c1-4-5(8)2-3-6-7(4)12-13(9,10)11-6/h2-3,8H,1H3. The minimum absolute atomic E-state index is 0.0283. The maximum Gasteiger partial charge on any atom is 0.501 e. The molecule has 1 heterocycles. The topological polar surface area (TPSA) is 72.8 Å². The number of fused-ring (bicyclic) bond motifs is 1. The second kappa shape index (κ2) is 2.29. The summed E-state index contributed by atoms with van der Waals surface area (Å²) in [5, 5.41) is 9.22. The van der Waals surface area contributed by atoms with E-state index in [2.05, 4.69) is 8.37 Å². The van der Waals surface area contributed by atoms with Gasteiger partial charge in [0, 0.05) is 5.56 Å². The second-order valence-corrected chi connectivity index (χ2v) is 3.76. The molecule has 0 saturated heterocycles. The fraction of sp³-hybridized carbons (Fsp3) is 0.143. The van der Waals surface area contributed by atoms with Gasteiger partial charge >= 0.3 is 10.4 Å². The van der Waals surface area contributed by atoms with Crippen molar-refractivity contribution >= 4 is 10.4 Å². The van der Waals surface area contributed by atoms with Crippen molar-refractivity contribution in [2.45, 2.75) is 6.92 Å². The van der Waals surface area contributed by atoms with Crippen LogP contribution in [0.25, 0.3) is 0 Å². The van der Waals surface area contributed by atoms with Crippen LogP contribution in [0.4, 0.5) is 0 Å². The van der Waals surface area contributed by atoms with Crippen LogP contribution in [0.15, 0.2) is 12.1 Å². The summed E-state index contributed by atoms with van der Waals surface area (Å²) in [7, 11) is -3.96. The van der Waals surface area contributed by atoms with Crippen molar-refractivity contribution in [1.82, 2.24) is 0 Å². The van der Waals surface area contributed by atoms with Crippen LogP contribution in [-0.4, -0.2) is 13.5 Å². The summed E-state index contributed by atoms with van der Waals surface area (Å²) in [6, 6.07) is 2.68. The highest BCUT2D eigenvalue weighted by atomic mass is 32.3. The van der Waals surface area contributed by atoms with Crippen molar-refractivity contribution < 1.29 is 21.9 Å². The molecule has 0 atom stereocenters. The maximum absolute atomic E-state index is 10.8. The normalized spacial score (nSPS) is 17.3. The van der Waals surface area contributed by atoms with Gasteiger partial charge in [-0.15, -0.1) is 8.42 Å². The van der Waals surface area contributed by atoms with Crippen LogP contribution in [0, 0.1) is 6.92 Å². The molecule has 5 nitrogen and oxygen atoms in total. The molecule has 0 spiro atoms. The molecule has 0 bridgehead atoms. The van der Waals surface area contributed by atoms with E-state index in [0.717, 1.165) is 0 Å². The lowest BCUT2D eigenvalue weighted by Crippen LogP contribution is -2.08. The Morgan fingerprint density at radius 2 is 2.00 bits per heavy atom. The molecule has 1 aliphatic heterocycles. The minimum atomic E-state index is -3.96. The number of benzene rings is 1. The number of phenolic OH excluding ortho intramolecular Hbond substituents is 1. The Morgan fingerprint density at radius 1 is 1.31 bits per heavy atom. The van der Waals surface area contributed by atoms with E-state index < -0.39 is 10.4 Å². The highest BCUT2D eigenvalue weighted by Crippen LogP contribution is 2.41. The molecule has 0 saturated carbocycles. The molecular formula is C7H6O5S. The van der Waals surface area contributed by atoms with Crippen LogP contribution in [0.5, 0.6) is 17.2 Å². The average Bonchev–Trinajstić information content (AvgIpc) is 2.34.